The van der Waals surface area contributed by atoms with Gasteiger partial charge in [-0.05, 0) is 43.5 Å². The van der Waals surface area contributed by atoms with Gasteiger partial charge in [0.05, 0.1) is 22.3 Å². The van der Waals surface area contributed by atoms with Crippen LogP contribution in [0.1, 0.15) is 34.5 Å². The fourth-order valence-electron chi connectivity index (χ4n) is 2.95. The SMILES string of the molecule is Cc1ccc2ncccc2c1C(=O)NC1(c2ccn[nH]2)CC1. The molecule has 1 fully saturated rings. The quantitative estimate of drug-likeness (QED) is 0.779. The van der Waals surface area contributed by atoms with Crippen LogP contribution in [0.15, 0.2) is 42.7 Å². The number of carbonyl (C=O) groups excluding carboxylic acids is 1. The maximum atomic E-state index is 12.9. The average molecular weight is 292 g/mol. The van der Waals surface area contributed by atoms with E-state index < -0.39 is 0 Å². The molecule has 5 heteroatoms. The minimum Gasteiger partial charge on any atom is -0.341 e. The summed E-state index contributed by atoms with van der Waals surface area (Å²) in [5.74, 6) is -0.0526. The summed E-state index contributed by atoms with van der Waals surface area (Å²) in [5, 5.41) is 11.0. The van der Waals surface area contributed by atoms with Crippen LogP contribution in [-0.4, -0.2) is 21.1 Å². The monoisotopic (exact) mass is 292 g/mol. The molecule has 2 heterocycles. The van der Waals surface area contributed by atoms with E-state index in [9.17, 15) is 4.79 Å². The van der Waals surface area contributed by atoms with Crippen molar-refractivity contribution in [1.82, 2.24) is 20.5 Å². The molecule has 0 bridgehead atoms. The van der Waals surface area contributed by atoms with Crippen LogP contribution < -0.4 is 5.32 Å². The van der Waals surface area contributed by atoms with E-state index in [1.807, 2.05) is 37.3 Å². The lowest BCUT2D eigenvalue weighted by Gasteiger charge is -2.17. The molecule has 0 radical (unpaired) electrons. The molecule has 0 atom stereocenters. The fourth-order valence-corrected chi connectivity index (χ4v) is 2.95. The van der Waals surface area contributed by atoms with Crippen molar-refractivity contribution < 1.29 is 4.79 Å². The summed E-state index contributed by atoms with van der Waals surface area (Å²) in [7, 11) is 0. The Morgan fingerprint density at radius 1 is 1.23 bits per heavy atom. The highest BCUT2D eigenvalue weighted by Gasteiger charge is 2.47. The van der Waals surface area contributed by atoms with Crippen molar-refractivity contribution in [3.8, 4) is 0 Å². The minimum absolute atomic E-state index is 0.0526. The summed E-state index contributed by atoms with van der Waals surface area (Å²) in [6, 6.07) is 9.62. The lowest BCUT2D eigenvalue weighted by Crippen LogP contribution is -2.35. The molecular weight excluding hydrogens is 276 g/mol. The predicted molar refractivity (Wildman–Crippen MR) is 83.4 cm³/mol. The maximum absolute atomic E-state index is 12.9. The number of fused-ring (bicyclic) bond motifs is 1. The van der Waals surface area contributed by atoms with Gasteiger partial charge in [0.2, 0.25) is 0 Å². The number of aromatic nitrogens is 3. The summed E-state index contributed by atoms with van der Waals surface area (Å²) >= 11 is 0. The molecule has 1 amide bonds. The minimum atomic E-state index is -0.287. The number of nitrogens with one attached hydrogen (secondary N) is 2. The number of H-pyrrole nitrogens is 1. The first kappa shape index (κ1) is 13.0. The van der Waals surface area contributed by atoms with E-state index in [4.69, 9.17) is 0 Å². The van der Waals surface area contributed by atoms with Crippen LogP contribution in [-0.2, 0) is 5.54 Å². The number of pyridine rings is 1. The summed E-state index contributed by atoms with van der Waals surface area (Å²) in [4.78, 5) is 17.2. The Hall–Kier alpha value is -2.69. The molecule has 0 aliphatic heterocycles. The molecule has 0 saturated heterocycles. The maximum Gasteiger partial charge on any atom is 0.252 e. The van der Waals surface area contributed by atoms with Gasteiger partial charge in [-0.2, -0.15) is 5.10 Å². The number of amides is 1. The Labute approximate surface area is 127 Å². The van der Waals surface area contributed by atoms with Gasteiger partial charge in [-0.25, -0.2) is 0 Å². The van der Waals surface area contributed by atoms with Gasteiger partial charge in [-0.1, -0.05) is 12.1 Å². The van der Waals surface area contributed by atoms with E-state index in [2.05, 4.69) is 20.5 Å². The lowest BCUT2D eigenvalue weighted by molar-refractivity contribution is 0.0931. The first-order chi connectivity index (χ1) is 10.7. The summed E-state index contributed by atoms with van der Waals surface area (Å²) < 4.78 is 0. The zero-order valence-corrected chi connectivity index (χ0v) is 12.3. The highest BCUT2D eigenvalue weighted by atomic mass is 16.1. The second-order valence-corrected chi connectivity index (χ2v) is 5.83. The molecule has 3 aromatic rings. The molecule has 1 aromatic carbocycles. The molecule has 110 valence electrons. The van der Waals surface area contributed by atoms with E-state index in [1.165, 1.54) is 0 Å². The van der Waals surface area contributed by atoms with E-state index in [0.29, 0.717) is 5.56 Å². The van der Waals surface area contributed by atoms with Crippen molar-refractivity contribution in [3.63, 3.8) is 0 Å². The van der Waals surface area contributed by atoms with Gasteiger partial charge < -0.3 is 5.32 Å². The Kier molecular flexibility index (Phi) is 2.76. The van der Waals surface area contributed by atoms with Crippen molar-refractivity contribution in [2.45, 2.75) is 25.3 Å². The first-order valence-corrected chi connectivity index (χ1v) is 7.36. The number of hydrogen-bond donors (Lipinski definition) is 2. The fraction of sp³-hybridized carbons (Fsp3) is 0.235. The van der Waals surface area contributed by atoms with Crippen LogP contribution in [0.5, 0.6) is 0 Å². The molecule has 2 aromatic heterocycles. The van der Waals surface area contributed by atoms with E-state index >= 15 is 0 Å². The van der Waals surface area contributed by atoms with E-state index in [0.717, 1.165) is 35.0 Å². The number of nitrogens with zero attached hydrogens (tertiary/aromatic N) is 2. The summed E-state index contributed by atoms with van der Waals surface area (Å²) in [5.41, 5.74) is 3.18. The molecule has 5 nitrogen and oxygen atoms in total. The number of rotatable bonds is 3. The molecule has 1 aliphatic rings. The summed E-state index contributed by atoms with van der Waals surface area (Å²) in [6.07, 6.45) is 5.33. The normalized spacial score (nSPS) is 15.7. The molecule has 22 heavy (non-hydrogen) atoms. The molecule has 1 aliphatic carbocycles. The van der Waals surface area contributed by atoms with Gasteiger partial charge >= 0.3 is 0 Å². The van der Waals surface area contributed by atoms with Crippen molar-refractivity contribution in [2.75, 3.05) is 0 Å². The molecule has 0 unspecified atom stereocenters. The van der Waals surface area contributed by atoms with E-state index in [1.54, 1.807) is 12.4 Å². The summed E-state index contributed by atoms with van der Waals surface area (Å²) in [6.45, 7) is 1.96. The smallest absolute Gasteiger partial charge is 0.252 e. The molecule has 1 saturated carbocycles. The largest absolute Gasteiger partial charge is 0.341 e. The van der Waals surface area contributed by atoms with Gasteiger partial charge in [0.15, 0.2) is 0 Å². The standard InChI is InChI=1S/C17H16N4O/c1-11-4-5-13-12(3-2-9-18-13)15(11)16(22)20-17(7-8-17)14-6-10-19-21-14/h2-6,9-10H,7-8H2,1H3,(H,19,21)(H,20,22). The highest BCUT2D eigenvalue weighted by Crippen LogP contribution is 2.44. The number of hydrogen-bond acceptors (Lipinski definition) is 3. The van der Waals surface area contributed by atoms with Crippen LogP contribution >= 0.6 is 0 Å². The number of carbonyl (C=O) groups is 1. The van der Waals surface area contributed by atoms with Crippen molar-refractivity contribution >= 4 is 16.8 Å². The van der Waals surface area contributed by atoms with Gasteiger partial charge in [0.25, 0.3) is 5.91 Å². The molecule has 4 rings (SSSR count). The first-order valence-electron chi connectivity index (χ1n) is 7.36. The third-order valence-electron chi connectivity index (χ3n) is 4.34. The number of benzene rings is 1. The highest BCUT2D eigenvalue weighted by molar-refractivity contribution is 6.07. The van der Waals surface area contributed by atoms with Crippen molar-refractivity contribution in [3.05, 3.63) is 59.5 Å². The second kappa shape index (κ2) is 4.66. The third kappa shape index (κ3) is 1.97. The van der Waals surface area contributed by atoms with Gasteiger partial charge in [-0.15, -0.1) is 0 Å². The Morgan fingerprint density at radius 2 is 2.09 bits per heavy atom. The van der Waals surface area contributed by atoms with E-state index in [-0.39, 0.29) is 11.4 Å². The number of aryl methyl sites for hydroxylation is 1. The Morgan fingerprint density at radius 3 is 2.82 bits per heavy atom. The Balaban J connectivity index is 1.74. The predicted octanol–water partition coefficient (Wildman–Crippen LogP) is 2.69. The van der Waals surface area contributed by atoms with Gasteiger partial charge in [0.1, 0.15) is 0 Å². The zero-order chi connectivity index (χ0) is 15.2. The van der Waals surface area contributed by atoms with Crippen LogP contribution in [0.4, 0.5) is 0 Å². The van der Waals surface area contributed by atoms with Gasteiger partial charge in [0, 0.05) is 17.8 Å². The molecule has 2 N–H and O–H groups in total. The van der Waals surface area contributed by atoms with Crippen LogP contribution in [0.2, 0.25) is 0 Å². The molecule has 0 spiro atoms. The second-order valence-electron chi connectivity index (χ2n) is 5.83. The Bertz CT molecular complexity index is 850. The third-order valence-corrected chi connectivity index (χ3v) is 4.34. The topological polar surface area (TPSA) is 70.7 Å². The van der Waals surface area contributed by atoms with Crippen molar-refractivity contribution in [2.24, 2.45) is 0 Å². The zero-order valence-electron chi connectivity index (χ0n) is 12.3. The number of aromatic amines is 1. The lowest BCUT2D eigenvalue weighted by atomic mass is 10.0. The average Bonchev–Trinajstić information content (AvgIpc) is 3.09. The molecular formula is C17H16N4O. The van der Waals surface area contributed by atoms with Gasteiger partial charge in [-0.3, -0.25) is 14.9 Å². The van der Waals surface area contributed by atoms with Crippen LogP contribution in [0.25, 0.3) is 10.9 Å². The van der Waals surface area contributed by atoms with Crippen LogP contribution in [0, 0.1) is 6.92 Å². The van der Waals surface area contributed by atoms with Crippen LogP contribution in [0.3, 0.4) is 0 Å². The van der Waals surface area contributed by atoms with Crippen molar-refractivity contribution in [1.29, 1.82) is 0 Å².